The Labute approximate surface area is 148 Å². The van der Waals surface area contributed by atoms with Gasteiger partial charge in [-0.25, -0.2) is 4.98 Å². The zero-order chi connectivity index (χ0) is 19.4. The first-order chi connectivity index (χ1) is 12.2. The molecular weight excluding hydrogens is 349 g/mol. The standard InChI is InChI=1S/C18H19F3N2O3/c1-3-17(25,13-7-5-4-6-8-13)16(24)23-10-12-9-14(18(19,20)21)11-22-15(12)26-2/h4-9,11,25H,3,10H2,1-2H3,(H,23,24). The molecule has 0 aliphatic carbocycles. The maximum Gasteiger partial charge on any atom is 0.417 e. The summed E-state index contributed by atoms with van der Waals surface area (Å²) < 4.78 is 43.5. The number of amides is 1. The highest BCUT2D eigenvalue weighted by atomic mass is 19.4. The summed E-state index contributed by atoms with van der Waals surface area (Å²) in [6.07, 6.45) is -3.80. The Hall–Kier alpha value is -2.61. The average Bonchev–Trinajstić information content (AvgIpc) is 2.65. The van der Waals surface area contributed by atoms with E-state index in [1.54, 1.807) is 37.3 Å². The normalized spacial score (nSPS) is 13.8. The van der Waals surface area contributed by atoms with Crippen molar-refractivity contribution in [3.63, 3.8) is 0 Å². The van der Waals surface area contributed by atoms with Crippen LogP contribution < -0.4 is 10.1 Å². The van der Waals surface area contributed by atoms with Crippen molar-refractivity contribution >= 4 is 5.91 Å². The molecule has 1 atom stereocenters. The molecule has 0 aliphatic heterocycles. The molecule has 0 saturated heterocycles. The van der Waals surface area contributed by atoms with E-state index in [4.69, 9.17) is 4.74 Å². The molecule has 1 amide bonds. The first kappa shape index (κ1) is 19.7. The lowest BCUT2D eigenvalue weighted by atomic mass is 9.90. The van der Waals surface area contributed by atoms with E-state index in [0.29, 0.717) is 11.8 Å². The number of nitrogens with one attached hydrogen (secondary N) is 1. The van der Waals surface area contributed by atoms with Gasteiger partial charge < -0.3 is 15.2 Å². The number of methoxy groups -OCH3 is 1. The van der Waals surface area contributed by atoms with Crippen LogP contribution in [0.2, 0.25) is 0 Å². The number of halogens is 3. The molecule has 2 rings (SSSR count). The highest BCUT2D eigenvalue weighted by Gasteiger charge is 2.36. The van der Waals surface area contributed by atoms with Crippen molar-refractivity contribution in [1.82, 2.24) is 10.3 Å². The summed E-state index contributed by atoms with van der Waals surface area (Å²) in [5, 5.41) is 13.2. The number of aromatic nitrogens is 1. The van der Waals surface area contributed by atoms with E-state index in [2.05, 4.69) is 10.3 Å². The second kappa shape index (κ2) is 7.74. The molecule has 0 bridgehead atoms. The van der Waals surface area contributed by atoms with Crippen molar-refractivity contribution in [2.45, 2.75) is 31.7 Å². The van der Waals surface area contributed by atoms with E-state index in [0.717, 1.165) is 6.07 Å². The Morgan fingerprint density at radius 1 is 1.23 bits per heavy atom. The molecule has 0 aliphatic rings. The summed E-state index contributed by atoms with van der Waals surface area (Å²) >= 11 is 0. The molecule has 140 valence electrons. The third-order valence-corrected chi connectivity index (χ3v) is 4.02. The van der Waals surface area contributed by atoms with Crippen LogP contribution in [-0.2, 0) is 23.1 Å². The molecule has 8 heteroatoms. The van der Waals surface area contributed by atoms with Crippen molar-refractivity contribution < 1.29 is 27.8 Å². The summed E-state index contributed by atoms with van der Waals surface area (Å²) in [7, 11) is 1.27. The Morgan fingerprint density at radius 3 is 2.42 bits per heavy atom. The topological polar surface area (TPSA) is 71.5 Å². The average molecular weight is 368 g/mol. The molecule has 1 heterocycles. The van der Waals surface area contributed by atoms with Gasteiger partial charge >= 0.3 is 6.18 Å². The third-order valence-electron chi connectivity index (χ3n) is 4.02. The lowest BCUT2D eigenvalue weighted by Gasteiger charge is -2.26. The van der Waals surface area contributed by atoms with Gasteiger partial charge in [0.05, 0.1) is 12.7 Å². The van der Waals surface area contributed by atoms with Gasteiger partial charge in [0.15, 0.2) is 5.60 Å². The molecule has 1 unspecified atom stereocenters. The molecule has 26 heavy (non-hydrogen) atoms. The van der Waals surface area contributed by atoms with Gasteiger partial charge in [-0.2, -0.15) is 13.2 Å². The van der Waals surface area contributed by atoms with Crippen LogP contribution in [0.25, 0.3) is 0 Å². The van der Waals surface area contributed by atoms with Gasteiger partial charge in [-0.15, -0.1) is 0 Å². The smallest absolute Gasteiger partial charge is 0.417 e. The predicted molar refractivity (Wildman–Crippen MR) is 88.3 cm³/mol. The van der Waals surface area contributed by atoms with Crippen LogP contribution in [0.15, 0.2) is 42.6 Å². The van der Waals surface area contributed by atoms with Crippen molar-refractivity contribution in [1.29, 1.82) is 0 Å². The van der Waals surface area contributed by atoms with Crippen LogP contribution in [0.1, 0.15) is 30.0 Å². The number of aliphatic hydroxyl groups is 1. The number of hydrogen-bond acceptors (Lipinski definition) is 4. The van der Waals surface area contributed by atoms with Gasteiger partial charge in [0.2, 0.25) is 5.88 Å². The molecule has 1 aromatic heterocycles. The molecule has 0 fully saturated rings. The number of carbonyl (C=O) groups is 1. The molecular formula is C18H19F3N2O3. The second-order valence-electron chi connectivity index (χ2n) is 5.65. The van der Waals surface area contributed by atoms with Crippen LogP contribution in [0.4, 0.5) is 13.2 Å². The van der Waals surface area contributed by atoms with Crippen molar-refractivity contribution in [2.75, 3.05) is 7.11 Å². The molecule has 2 aromatic rings. The fourth-order valence-corrected chi connectivity index (χ4v) is 2.49. The van der Waals surface area contributed by atoms with E-state index >= 15 is 0 Å². The number of benzene rings is 1. The maximum atomic E-state index is 12.9. The number of carbonyl (C=O) groups excluding carboxylic acids is 1. The highest BCUT2D eigenvalue weighted by Crippen LogP contribution is 2.31. The van der Waals surface area contributed by atoms with Gasteiger partial charge in [-0.1, -0.05) is 37.3 Å². The summed E-state index contributed by atoms with van der Waals surface area (Å²) in [6.45, 7) is 1.37. The van der Waals surface area contributed by atoms with E-state index in [-0.39, 0.29) is 24.4 Å². The number of alkyl halides is 3. The minimum atomic E-state index is -4.56. The highest BCUT2D eigenvalue weighted by molar-refractivity contribution is 5.86. The summed E-state index contributed by atoms with van der Waals surface area (Å²) in [5.41, 5.74) is -2.28. The largest absolute Gasteiger partial charge is 0.481 e. The van der Waals surface area contributed by atoms with Gasteiger partial charge in [-0.05, 0) is 18.1 Å². The lowest BCUT2D eigenvalue weighted by Crippen LogP contribution is -2.43. The van der Waals surface area contributed by atoms with Gasteiger partial charge in [0.25, 0.3) is 5.91 Å². The molecule has 0 saturated carbocycles. The quantitative estimate of drug-likeness (QED) is 0.822. The SMILES string of the molecule is CCC(O)(C(=O)NCc1cc(C(F)(F)F)cnc1OC)c1ccccc1. The Kier molecular flexibility index (Phi) is 5.86. The first-order valence-corrected chi connectivity index (χ1v) is 7.88. The monoisotopic (exact) mass is 368 g/mol. The summed E-state index contributed by atoms with van der Waals surface area (Å²) in [5.74, 6) is -0.747. The first-order valence-electron chi connectivity index (χ1n) is 7.88. The van der Waals surface area contributed by atoms with Crippen LogP contribution in [0.5, 0.6) is 5.88 Å². The Morgan fingerprint density at radius 2 is 1.88 bits per heavy atom. The van der Waals surface area contributed by atoms with E-state index in [9.17, 15) is 23.1 Å². The minimum absolute atomic E-state index is 0.0296. The fourth-order valence-electron chi connectivity index (χ4n) is 2.49. The lowest BCUT2D eigenvalue weighted by molar-refractivity contribution is -0.141. The van der Waals surface area contributed by atoms with Gasteiger partial charge in [0, 0.05) is 18.3 Å². The summed E-state index contributed by atoms with van der Waals surface area (Å²) in [6, 6.07) is 9.19. The zero-order valence-corrected chi connectivity index (χ0v) is 14.3. The van der Waals surface area contributed by atoms with Gasteiger partial charge in [-0.3, -0.25) is 4.79 Å². The minimum Gasteiger partial charge on any atom is -0.481 e. The molecule has 0 spiro atoms. The molecule has 1 aromatic carbocycles. The third kappa shape index (κ3) is 4.13. The maximum absolute atomic E-state index is 12.9. The number of ether oxygens (including phenoxy) is 1. The number of hydrogen-bond donors (Lipinski definition) is 2. The van der Waals surface area contributed by atoms with Crippen molar-refractivity contribution in [3.05, 3.63) is 59.3 Å². The van der Waals surface area contributed by atoms with E-state index in [1.165, 1.54) is 7.11 Å². The predicted octanol–water partition coefficient (Wildman–Crippen LogP) is 3.02. The van der Waals surface area contributed by atoms with Crippen molar-refractivity contribution in [3.8, 4) is 5.88 Å². The molecule has 5 nitrogen and oxygen atoms in total. The fraction of sp³-hybridized carbons (Fsp3) is 0.333. The van der Waals surface area contributed by atoms with Crippen LogP contribution in [-0.4, -0.2) is 23.1 Å². The van der Waals surface area contributed by atoms with E-state index < -0.39 is 23.2 Å². The van der Waals surface area contributed by atoms with Crippen LogP contribution in [0, 0.1) is 0 Å². The van der Waals surface area contributed by atoms with E-state index in [1.807, 2.05) is 0 Å². The number of rotatable bonds is 6. The Balaban J connectivity index is 2.23. The van der Waals surface area contributed by atoms with Crippen LogP contribution in [0.3, 0.4) is 0 Å². The number of nitrogens with zero attached hydrogens (tertiary/aromatic N) is 1. The zero-order valence-electron chi connectivity index (χ0n) is 14.3. The molecule has 0 radical (unpaired) electrons. The summed E-state index contributed by atoms with van der Waals surface area (Å²) in [4.78, 5) is 16.1. The Bertz CT molecular complexity index is 766. The van der Waals surface area contributed by atoms with Crippen molar-refractivity contribution in [2.24, 2.45) is 0 Å². The van der Waals surface area contributed by atoms with Crippen LogP contribution >= 0.6 is 0 Å². The molecule has 2 N–H and O–H groups in total. The van der Waals surface area contributed by atoms with Gasteiger partial charge in [0.1, 0.15) is 0 Å². The second-order valence-corrected chi connectivity index (χ2v) is 5.65. The number of pyridine rings is 1.